The number of hydrogen-bond donors (Lipinski definition) is 1. The first-order chi connectivity index (χ1) is 8.27. The van der Waals surface area contributed by atoms with E-state index in [4.69, 9.17) is 4.74 Å². The third-order valence-corrected chi connectivity index (χ3v) is 2.89. The highest BCUT2D eigenvalue weighted by atomic mass is 16.5. The molecule has 1 aromatic carbocycles. The molecule has 0 aliphatic carbocycles. The van der Waals surface area contributed by atoms with Crippen LogP contribution in [0.5, 0.6) is 5.75 Å². The van der Waals surface area contributed by atoms with Gasteiger partial charge in [-0.3, -0.25) is 4.90 Å². The van der Waals surface area contributed by atoms with Gasteiger partial charge < -0.3 is 9.84 Å². The Morgan fingerprint density at radius 2 is 2.00 bits per heavy atom. The van der Waals surface area contributed by atoms with Crippen molar-refractivity contribution in [2.75, 3.05) is 7.11 Å². The van der Waals surface area contributed by atoms with Crippen molar-refractivity contribution >= 4 is 6.09 Å². The van der Waals surface area contributed by atoms with Gasteiger partial charge in [-0.1, -0.05) is 12.1 Å². The van der Waals surface area contributed by atoms with Gasteiger partial charge in [0.2, 0.25) is 0 Å². The number of rotatable bonds is 3. The number of methoxy groups -OCH3 is 1. The van der Waals surface area contributed by atoms with E-state index in [1.165, 1.54) is 4.90 Å². The van der Waals surface area contributed by atoms with Crippen LogP contribution in [0, 0.1) is 0 Å². The number of nitrogens with zero attached hydrogens (tertiary/aromatic N) is 1. The molecular formula is C14H21NO3. The summed E-state index contributed by atoms with van der Waals surface area (Å²) >= 11 is 0. The summed E-state index contributed by atoms with van der Waals surface area (Å²) in [5.74, 6) is 0.735. The molecule has 4 nitrogen and oxygen atoms in total. The first-order valence-electron chi connectivity index (χ1n) is 5.93. The van der Waals surface area contributed by atoms with Crippen LogP contribution in [-0.2, 0) is 0 Å². The van der Waals surface area contributed by atoms with E-state index in [1.807, 2.05) is 52.0 Å². The lowest BCUT2D eigenvalue weighted by molar-refractivity contribution is 0.0752. The van der Waals surface area contributed by atoms with Gasteiger partial charge >= 0.3 is 6.09 Å². The molecule has 1 rings (SSSR count). The van der Waals surface area contributed by atoms with Gasteiger partial charge in [0.1, 0.15) is 5.75 Å². The molecule has 0 radical (unpaired) electrons. The van der Waals surface area contributed by atoms with E-state index in [0.717, 1.165) is 11.3 Å². The van der Waals surface area contributed by atoms with Gasteiger partial charge in [-0.25, -0.2) is 4.79 Å². The second kappa shape index (κ2) is 5.29. The third kappa shape index (κ3) is 3.15. The van der Waals surface area contributed by atoms with Crippen molar-refractivity contribution in [3.8, 4) is 5.75 Å². The third-order valence-electron chi connectivity index (χ3n) is 2.89. The molecule has 1 amide bonds. The van der Waals surface area contributed by atoms with Crippen molar-refractivity contribution < 1.29 is 14.6 Å². The van der Waals surface area contributed by atoms with Crippen LogP contribution in [0.1, 0.15) is 39.3 Å². The minimum atomic E-state index is -0.919. The van der Waals surface area contributed by atoms with Gasteiger partial charge in [-0.05, 0) is 45.4 Å². The average Bonchev–Trinajstić information content (AvgIpc) is 2.26. The maximum absolute atomic E-state index is 11.4. The Hall–Kier alpha value is -1.71. The summed E-state index contributed by atoms with van der Waals surface area (Å²) in [6.45, 7) is 7.54. The normalized spacial score (nSPS) is 12.9. The fourth-order valence-electron chi connectivity index (χ4n) is 2.08. The van der Waals surface area contributed by atoms with Crippen LogP contribution >= 0.6 is 0 Å². The molecular weight excluding hydrogens is 230 g/mol. The fraction of sp³-hybridized carbons (Fsp3) is 0.500. The highest BCUT2D eigenvalue weighted by Crippen LogP contribution is 2.29. The van der Waals surface area contributed by atoms with Gasteiger partial charge in [-0.2, -0.15) is 0 Å². The molecule has 18 heavy (non-hydrogen) atoms. The van der Waals surface area contributed by atoms with Crippen molar-refractivity contribution in [3.63, 3.8) is 0 Å². The van der Waals surface area contributed by atoms with Crippen LogP contribution in [0.3, 0.4) is 0 Å². The Kier molecular flexibility index (Phi) is 4.22. The molecule has 0 bridgehead atoms. The van der Waals surface area contributed by atoms with Gasteiger partial charge in [0.25, 0.3) is 0 Å². The van der Waals surface area contributed by atoms with Crippen molar-refractivity contribution in [3.05, 3.63) is 29.8 Å². The molecule has 100 valence electrons. The monoisotopic (exact) mass is 251 g/mol. The van der Waals surface area contributed by atoms with E-state index in [-0.39, 0.29) is 6.04 Å². The summed E-state index contributed by atoms with van der Waals surface area (Å²) in [5, 5.41) is 9.36. The van der Waals surface area contributed by atoms with Crippen molar-refractivity contribution in [2.24, 2.45) is 0 Å². The highest BCUT2D eigenvalue weighted by molar-refractivity contribution is 5.66. The number of benzene rings is 1. The van der Waals surface area contributed by atoms with Crippen molar-refractivity contribution in [1.82, 2.24) is 4.90 Å². The lowest BCUT2D eigenvalue weighted by atomic mass is 9.99. The largest absolute Gasteiger partial charge is 0.497 e. The number of hydrogen-bond acceptors (Lipinski definition) is 2. The van der Waals surface area contributed by atoms with Crippen LogP contribution in [0.2, 0.25) is 0 Å². The molecule has 0 aromatic heterocycles. The molecule has 0 saturated carbocycles. The van der Waals surface area contributed by atoms with Gasteiger partial charge in [0, 0.05) is 5.54 Å². The first-order valence-corrected chi connectivity index (χ1v) is 5.93. The van der Waals surface area contributed by atoms with Gasteiger partial charge in [-0.15, -0.1) is 0 Å². The molecule has 1 N–H and O–H groups in total. The highest BCUT2D eigenvalue weighted by Gasteiger charge is 2.31. The number of carbonyl (C=O) groups is 1. The molecule has 0 aliphatic rings. The quantitative estimate of drug-likeness (QED) is 0.894. The Bertz CT molecular complexity index is 423. The summed E-state index contributed by atoms with van der Waals surface area (Å²) in [6, 6.07) is 7.27. The first kappa shape index (κ1) is 14.4. The summed E-state index contributed by atoms with van der Waals surface area (Å²) in [7, 11) is 1.60. The molecule has 0 spiro atoms. The summed E-state index contributed by atoms with van der Waals surface area (Å²) < 4.78 is 5.16. The maximum atomic E-state index is 11.4. The molecule has 0 heterocycles. The average molecular weight is 251 g/mol. The molecule has 4 heteroatoms. The lowest BCUT2D eigenvalue weighted by Gasteiger charge is -2.38. The van der Waals surface area contributed by atoms with E-state index in [0.29, 0.717) is 0 Å². The predicted molar refractivity (Wildman–Crippen MR) is 71.0 cm³/mol. The number of amides is 1. The van der Waals surface area contributed by atoms with Crippen LogP contribution in [0.15, 0.2) is 24.3 Å². The minimum absolute atomic E-state index is 0.224. The molecule has 0 unspecified atom stereocenters. The zero-order valence-corrected chi connectivity index (χ0v) is 11.6. The second-order valence-electron chi connectivity index (χ2n) is 5.28. The predicted octanol–water partition coefficient (Wildman–Crippen LogP) is 3.53. The Balaban J connectivity index is 3.09. The number of ether oxygens (including phenoxy) is 1. The standard InChI is InChI=1S/C14H21NO3/c1-10(15(13(16)17)14(2,3)4)11-7-6-8-12(9-11)18-5/h6-10H,1-5H3,(H,16,17)/t10-/m0/s1. The van der Waals surface area contributed by atoms with Gasteiger partial charge in [0.05, 0.1) is 13.2 Å². The van der Waals surface area contributed by atoms with Crippen LogP contribution in [-0.4, -0.2) is 28.7 Å². The summed E-state index contributed by atoms with van der Waals surface area (Å²) in [6.07, 6.45) is -0.919. The summed E-state index contributed by atoms with van der Waals surface area (Å²) in [5.41, 5.74) is 0.473. The topological polar surface area (TPSA) is 49.8 Å². The molecule has 1 aromatic rings. The Morgan fingerprint density at radius 1 is 1.39 bits per heavy atom. The molecule has 0 fully saturated rings. The van der Waals surface area contributed by atoms with E-state index in [2.05, 4.69) is 0 Å². The van der Waals surface area contributed by atoms with Crippen molar-refractivity contribution in [1.29, 1.82) is 0 Å². The Labute approximate surface area is 108 Å². The fourth-order valence-corrected chi connectivity index (χ4v) is 2.08. The molecule has 0 aliphatic heterocycles. The van der Waals surface area contributed by atoms with E-state index in [1.54, 1.807) is 7.11 Å². The van der Waals surface area contributed by atoms with E-state index in [9.17, 15) is 9.90 Å². The van der Waals surface area contributed by atoms with Crippen LogP contribution in [0.25, 0.3) is 0 Å². The van der Waals surface area contributed by atoms with E-state index >= 15 is 0 Å². The smallest absolute Gasteiger partial charge is 0.408 e. The lowest BCUT2D eigenvalue weighted by Crippen LogP contribution is -2.46. The zero-order valence-electron chi connectivity index (χ0n) is 11.6. The Morgan fingerprint density at radius 3 is 2.44 bits per heavy atom. The number of carboxylic acid groups (broad SMARTS) is 1. The van der Waals surface area contributed by atoms with Crippen molar-refractivity contribution in [2.45, 2.75) is 39.3 Å². The van der Waals surface area contributed by atoms with Crippen LogP contribution < -0.4 is 4.74 Å². The van der Waals surface area contributed by atoms with Crippen LogP contribution in [0.4, 0.5) is 4.79 Å². The SMILES string of the molecule is COc1cccc([C@H](C)N(C(=O)O)C(C)(C)C)c1. The second-order valence-corrected chi connectivity index (χ2v) is 5.28. The van der Waals surface area contributed by atoms with Gasteiger partial charge in [0.15, 0.2) is 0 Å². The summed E-state index contributed by atoms with van der Waals surface area (Å²) in [4.78, 5) is 12.9. The maximum Gasteiger partial charge on any atom is 0.408 e. The van der Waals surface area contributed by atoms with E-state index < -0.39 is 11.6 Å². The minimum Gasteiger partial charge on any atom is -0.497 e. The molecule has 0 saturated heterocycles. The molecule has 1 atom stereocenters. The zero-order chi connectivity index (χ0) is 13.9.